The van der Waals surface area contributed by atoms with Gasteiger partial charge in [-0.05, 0) is 39.5 Å². The molecule has 0 amide bonds. The average molecular weight is 327 g/mol. The minimum absolute atomic E-state index is 0.585. The maximum Gasteiger partial charge on any atom is 0.181 e. The largest absolute Gasteiger partial charge is 0.448 e. The summed E-state index contributed by atoms with van der Waals surface area (Å²) in [5, 5.41) is 0. The fourth-order valence-corrected chi connectivity index (χ4v) is 3.65. The third-order valence-electron chi connectivity index (χ3n) is 5.16. The lowest BCUT2D eigenvalue weighted by Crippen LogP contribution is -2.46. The second-order valence-electron chi connectivity index (χ2n) is 7.02. The van der Waals surface area contributed by atoms with Gasteiger partial charge >= 0.3 is 0 Å². The lowest BCUT2D eigenvalue weighted by Gasteiger charge is -2.39. The van der Waals surface area contributed by atoms with Crippen LogP contribution < -0.4 is 4.90 Å². The Labute approximate surface area is 142 Å². The first kappa shape index (κ1) is 15.6. The van der Waals surface area contributed by atoms with Crippen LogP contribution in [0.1, 0.15) is 42.8 Å². The van der Waals surface area contributed by atoms with Crippen LogP contribution in [0.2, 0.25) is 0 Å². The van der Waals surface area contributed by atoms with E-state index in [2.05, 4.69) is 30.8 Å². The first-order chi connectivity index (χ1) is 11.7. The second kappa shape index (κ2) is 6.51. The summed E-state index contributed by atoms with van der Waals surface area (Å²) in [5.41, 5.74) is 2.11. The number of hydrogen-bond acceptors (Lipinski definition) is 6. The summed E-state index contributed by atoms with van der Waals surface area (Å²) in [6.07, 6.45) is 8.18. The molecule has 0 unspecified atom stereocenters. The molecule has 6 heteroatoms. The van der Waals surface area contributed by atoms with Crippen LogP contribution in [0.5, 0.6) is 0 Å². The molecule has 0 spiro atoms. The normalized spacial score (nSPS) is 19.6. The topological polar surface area (TPSA) is 58.3 Å². The smallest absolute Gasteiger partial charge is 0.181 e. The van der Waals surface area contributed by atoms with Crippen molar-refractivity contribution < 1.29 is 4.42 Å². The summed E-state index contributed by atoms with van der Waals surface area (Å²) in [6.45, 7) is 7.13. The van der Waals surface area contributed by atoms with E-state index in [1.54, 1.807) is 12.7 Å². The van der Waals surface area contributed by atoms with Crippen LogP contribution in [-0.2, 0) is 6.54 Å². The zero-order valence-corrected chi connectivity index (χ0v) is 14.5. The molecule has 2 aromatic heterocycles. The van der Waals surface area contributed by atoms with Crippen molar-refractivity contribution in [1.82, 2.24) is 19.9 Å². The molecule has 2 aliphatic rings. The first-order valence-corrected chi connectivity index (χ1v) is 8.89. The lowest BCUT2D eigenvalue weighted by atomic mass is 10.0. The molecule has 3 heterocycles. The fraction of sp³-hybridized carbons (Fsp3) is 0.611. The third-order valence-corrected chi connectivity index (χ3v) is 5.16. The molecule has 0 aromatic carbocycles. The predicted molar refractivity (Wildman–Crippen MR) is 91.8 cm³/mol. The summed E-state index contributed by atoms with van der Waals surface area (Å²) < 4.78 is 5.31. The van der Waals surface area contributed by atoms with E-state index in [9.17, 15) is 0 Å². The Bertz CT molecular complexity index is 688. The summed E-state index contributed by atoms with van der Waals surface area (Å²) in [6, 6.07) is 3.39. The number of oxazole rings is 1. The van der Waals surface area contributed by atoms with Crippen molar-refractivity contribution in [2.45, 2.75) is 58.2 Å². The number of rotatable bonds is 5. The minimum atomic E-state index is 0.585. The molecule has 0 N–H and O–H groups in total. The molecule has 4 rings (SSSR count). The fourth-order valence-electron chi connectivity index (χ4n) is 3.65. The van der Waals surface area contributed by atoms with E-state index in [4.69, 9.17) is 4.42 Å². The van der Waals surface area contributed by atoms with Gasteiger partial charge in [-0.1, -0.05) is 0 Å². The number of nitrogens with zero attached hydrogens (tertiary/aromatic N) is 5. The molecular weight excluding hydrogens is 302 g/mol. The van der Waals surface area contributed by atoms with Crippen LogP contribution in [0.4, 0.5) is 5.82 Å². The zero-order chi connectivity index (χ0) is 16.5. The Morgan fingerprint density at radius 2 is 1.83 bits per heavy atom. The van der Waals surface area contributed by atoms with Gasteiger partial charge < -0.3 is 9.32 Å². The average Bonchev–Trinajstić information content (AvgIpc) is 3.33. The SMILES string of the molecule is Cc1cc(N(C2CC2)C2CCN(Cc3ncoc3C)CC2)ncn1. The number of anilines is 1. The van der Waals surface area contributed by atoms with Crippen molar-refractivity contribution in [1.29, 1.82) is 0 Å². The molecule has 0 atom stereocenters. The Kier molecular flexibility index (Phi) is 4.22. The van der Waals surface area contributed by atoms with Gasteiger partial charge in [0, 0.05) is 43.5 Å². The van der Waals surface area contributed by atoms with Crippen molar-refractivity contribution in [3.8, 4) is 0 Å². The van der Waals surface area contributed by atoms with E-state index in [1.807, 2.05) is 13.8 Å². The van der Waals surface area contributed by atoms with Crippen LogP contribution in [-0.4, -0.2) is 45.0 Å². The number of hydrogen-bond donors (Lipinski definition) is 0. The van der Waals surface area contributed by atoms with E-state index in [-0.39, 0.29) is 0 Å². The highest BCUT2D eigenvalue weighted by molar-refractivity contribution is 5.43. The van der Waals surface area contributed by atoms with E-state index in [0.29, 0.717) is 12.1 Å². The maximum absolute atomic E-state index is 5.31. The maximum atomic E-state index is 5.31. The van der Waals surface area contributed by atoms with Crippen LogP contribution >= 0.6 is 0 Å². The third kappa shape index (κ3) is 3.29. The summed E-state index contributed by atoms with van der Waals surface area (Å²) >= 11 is 0. The molecule has 6 nitrogen and oxygen atoms in total. The van der Waals surface area contributed by atoms with Crippen LogP contribution in [0.15, 0.2) is 23.2 Å². The molecule has 24 heavy (non-hydrogen) atoms. The quantitative estimate of drug-likeness (QED) is 0.841. The Morgan fingerprint density at radius 3 is 2.46 bits per heavy atom. The highest BCUT2D eigenvalue weighted by atomic mass is 16.3. The second-order valence-corrected chi connectivity index (χ2v) is 7.02. The van der Waals surface area contributed by atoms with Gasteiger partial charge in [0.2, 0.25) is 0 Å². The van der Waals surface area contributed by atoms with Crippen LogP contribution in [0.25, 0.3) is 0 Å². The summed E-state index contributed by atoms with van der Waals surface area (Å²) in [7, 11) is 0. The molecule has 0 radical (unpaired) electrons. The molecule has 1 saturated heterocycles. The van der Waals surface area contributed by atoms with E-state index in [1.165, 1.54) is 25.7 Å². The molecule has 1 aliphatic heterocycles. The van der Waals surface area contributed by atoms with Crippen LogP contribution in [0, 0.1) is 13.8 Å². The van der Waals surface area contributed by atoms with Crippen molar-refractivity contribution in [3.05, 3.63) is 35.9 Å². The van der Waals surface area contributed by atoms with Gasteiger partial charge in [0.25, 0.3) is 0 Å². The van der Waals surface area contributed by atoms with Gasteiger partial charge in [0.1, 0.15) is 17.9 Å². The zero-order valence-electron chi connectivity index (χ0n) is 14.5. The van der Waals surface area contributed by atoms with Crippen molar-refractivity contribution in [3.63, 3.8) is 0 Å². The Hall–Kier alpha value is -1.95. The van der Waals surface area contributed by atoms with E-state index >= 15 is 0 Å². The molecule has 2 fully saturated rings. The molecule has 1 aliphatic carbocycles. The first-order valence-electron chi connectivity index (χ1n) is 8.89. The van der Waals surface area contributed by atoms with Gasteiger partial charge in [-0.25, -0.2) is 15.0 Å². The predicted octanol–water partition coefficient (Wildman–Crippen LogP) is 2.71. The molecule has 1 saturated carbocycles. The monoisotopic (exact) mass is 327 g/mol. The number of likely N-dealkylation sites (tertiary alicyclic amines) is 1. The van der Waals surface area contributed by atoms with E-state index < -0.39 is 0 Å². The van der Waals surface area contributed by atoms with Crippen LogP contribution in [0.3, 0.4) is 0 Å². The standard InChI is InChI=1S/C18H25N5O/c1-13-9-18(20-11-19-13)23(15-3-4-15)16-5-7-22(8-6-16)10-17-14(2)24-12-21-17/h9,11-12,15-16H,3-8,10H2,1-2H3. The lowest BCUT2D eigenvalue weighted by molar-refractivity contribution is 0.198. The van der Waals surface area contributed by atoms with Gasteiger partial charge in [-0.15, -0.1) is 0 Å². The molecule has 2 aromatic rings. The number of piperidine rings is 1. The van der Waals surface area contributed by atoms with Crippen molar-refractivity contribution in [2.75, 3.05) is 18.0 Å². The van der Waals surface area contributed by atoms with E-state index in [0.717, 1.165) is 42.6 Å². The highest BCUT2D eigenvalue weighted by Gasteiger charge is 2.36. The Morgan fingerprint density at radius 1 is 1.08 bits per heavy atom. The van der Waals surface area contributed by atoms with Gasteiger partial charge in [0.05, 0.1) is 5.69 Å². The van der Waals surface area contributed by atoms with Crippen molar-refractivity contribution in [2.24, 2.45) is 0 Å². The summed E-state index contributed by atoms with van der Waals surface area (Å²) in [5.74, 6) is 2.05. The number of aryl methyl sites for hydroxylation is 2. The van der Waals surface area contributed by atoms with Gasteiger partial charge in [0.15, 0.2) is 6.39 Å². The van der Waals surface area contributed by atoms with Gasteiger partial charge in [-0.3, -0.25) is 4.90 Å². The highest BCUT2D eigenvalue weighted by Crippen LogP contribution is 2.35. The minimum Gasteiger partial charge on any atom is -0.448 e. The molecule has 0 bridgehead atoms. The Balaban J connectivity index is 1.41. The van der Waals surface area contributed by atoms with Crippen molar-refractivity contribution >= 4 is 5.82 Å². The van der Waals surface area contributed by atoms with Gasteiger partial charge in [-0.2, -0.15) is 0 Å². The molecule has 128 valence electrons. The number of aromatic nitrogens is 3. The molecular formula is C18H25N5O. The summed E-state index contributed by atoms with van der Waals surface area (Å²) in [4.78, 5) is 18.2.